The summed E-state index contributed by atoms with van der Waals surface area (Å²) in [5, 5.41) is 0. The van der Waals surface area contributed by atoms with Crippen LogP contribution in [-0.4, -0.2) is 23.3 Å². The third kappa shape index (κ3) is 3.60. The molecule has 0 unspecified atom stereocenters. The molecule has 1 aliphatic heterocycles. The number of benzene rings is 1. The third-order valence-corrected chi connectivity index (χ3v) is 5.53. The highest BCUT2D eigenvalue weighted by Crippen LogP contribution is 2.37. The van der Waals surface area contributed by atoms with E-state index in [9.17, 15) is 0 Å². The number of pyridine rings is 1. The van der Waals surface area contributed by atoms with Gasteiger partial charge in [-0.1, -0.05) is 12.1 Å². The van der Waals surface area contributed by atoms with Gasteiger partial charge in [-0.15, -0.1) is 0 Å². The summed E-state index contributed by atoms with van der Waals surface area (Å²) >= 11 is 2.30. The zero-order valence-electron chi connectivity index (χ0n) is 14.4. The molecule has 6 heteroatoms. The van der Waals surface area contributed by atoms with Gasteiger partial charge in [0.1, 0.15) is 12.4 Å². The molecule has 0 aliphatic carbocycles. The molecule has 1 aromatic heterocycles. The van der Waals surface area contributed by atoms with Crippen LogP contribution in [0.15, 0.2) is 42.6 Å². The van der Waals surface area contributed by atoms with E-state index in [2.05, 4.69) is 55.3 Å². The molecular formula is C18H21BINO3. The number of halogens is 1. The lowest BCUT2D eigenvalue weighted by Gasteiger charge is -2.32. The van der Waals surface area contributed by atoms with Crippen molar-refractivity contribution >= 4 is 35.2 Å². The first kappa shape index (κ1) is 17.7. The zero-order valence-corrected chi connectivity index (χ0v) is 16.5. The van der Waals surface area contributed by atoms with E-state index in [4.69, 9.17) is 14.0 Å². The van der Waals surface area contributed by atoms with Crippen molar-refractivity contribution in [3.8, 4) is 5.75 Å². The fourth-order valence-corrected chi connectivity index (χ4v) is 3.14. The standard InChI is InChI=1S/C18H21BINO3/c1-17(2)18(3,4)24-19(23-17)15-9-8-14(11-16(15)20)22-12-13-7-5-6-10-21-13/h5-11H,12H2,1-4H3. The van der Waals surface area contributed by atoms with Gasteiger partial charge in [0.05, 0.1) is 16.9 Å². The molecular weight excluding hydrogens is 416 g/mol. The van der Waals surface area contributed by atoms with Crippen LogP contribution in [0, 0.1) is 3.57 Å². The minimum Gasteiger partial charge on any atom is -0.487 e. The molecule has 2 aromatic rings. The Kier molecular flexibility index (Phi) is 4.90. The highest BCUT2D eigenvalue weighted by atomic mass is 127. The van der Waals surface area contributed by atoms with Crippen LogP contribution in [0.4, 0.5) is 0 Å². The second-order valence-corrected chi connectivity index (χ2v) is 8.04. The van der Waals surface area contributed by atoms with Crippen molar-refractivity contribution in [1.82, 2.24) is 4.98 Å². The lowest BCUT2D eigenvalue weighted by atomic mass is 9.79. The first-order valence-electron chi connectivity index (χ1n) is 7.96. The predicted molar refractivity (Wildman–Crippen MR) is 103 cm³/mol. The molecule has 3 rings (SSSR count). The van der Waals surface area contributed by atoms with Crippen molar-refractivity contribution in [3.63, 3.8) is 0 Å². The van der Waals surface area contributed by atoms with E-state index >= 15 is 0 Å². The number of nitrogens with zero attached hydrogens (tertiary/aromatic N) is 1. The Morgan fingerprint density at radius 1 is 1.08 bits per heavy atom. The molecule has 126 valence electrons. The molecule has 1 saturated heterocycles. The van der Waals surface area contributed by atoms with Crippen molar-refractivity contribution in [2.45, 2.75) is 45.5 Å². The maximum absolute atomic E-state index is 6.12. The van der Waals surface area contributed by atoms with Crippen LogP contribution in [0.2, 0.25) is 0 Å². The van der Waals surface area contributed by atoms with E-state index in [0.717, 1.165) is 20.5 Å². The van der Waals surface area contributed by atoms with Gasteiger partial charge in [-0.05, 0) is 80.0 Å². The zero-order chi connectivity index (χ0) is 17.4. The molecule has 0 radical (unpaired) electrons. The molecule has 1 fully saturated rings. The summed E-state index contributed by atoms with van der Waals surface area (Å²) in [5.41, 5.74) is 1.26. The lowest BCUT2D eigenvalue weighted by molar-refractivity contribution is 0.00578. The van der Waals surface area contributed by atoms with Crippen LogP contribution in [0.3, 0.4) is 0 Å². The van der Waals surface area contributed by atoms with E-state index in [1.807, 2.05) is 36.4 Å². The summed E-state index contributed by atoms with van der Waals surface area (Å²) in [6, 6.07) is 11.8. The molecule has 2 heterocycles. The number of hydrogen-bond acceptors (Lipinski definition) is 4. The molecule has 0 bridgehead atoms. The quantitative estimate of drug-likeness (QED) is 0.542. The summed E-state index contributed by atoms with van der Waals surface area (Å²) in [7, 11) is -0.355. The SMILES string of the molecule is CC1(C)OB(c2ccc(OCc3ccccn3)cc2I)OC1(C)C. The fraction of sp³-hybridized carbons (Fsp3) is 0.389. The van der Waals surface area contributed by atoms with Crippen LogP contribution >= 0.6 is 22.6 Å². The number of ether oxygens (including phenoxy) is 1. The molecule has 0 saturated carbocycles. The Balaban J connectivity index is 1.72. The molecule has 0 spiro atoms. The van der Waals surface area contributed by atoms with E-state index in [1.54, 1.807) is 6.20 Å². The Morgan fingerprint density at radius 2 is 1.79 bits per heavy atom. The minimum atomic E-state index is -0.355. The Morgan fingerprint density at radius 3 is 2.38 bits per heavy atom. The molecule has 4 nitrogen and oxygen atoms in total. The fourth-order valence-electron chi connectivity index (χ4n) is 2.40. The van der Waals surface area contributed by atoms with Gasteiger partial charge in [-0.25, -0.2) is 0 Å². The molecule has 24 heavy (non-hydrogen) atoms. The number of aromatic nitrogens is 1. The smallest absolute Gasteiger partial charge is 0.487 e. The van der Waals surface area contributed by atoms with E-state index < -0.39 is 0 Å². The van der Waals surface area contributed by atoms with Crippen LogP contribution in [0.25, 0.3) is 0 Å². The van der Waals surface area contributed by atoms with Gasteiger partial charge in [0, 0.05) is 9.77 Å². The van der Waals surface area contributed by atoms with Crippen LogP contribution < -0.4 is 10.2 Å². The van der Waals surface area contributed by atoms with Gasteiger partial charge in [0.2, 0.25) is 0 Å². The highest BCUT2D eigenvalue weighted by Gasteiger charge is 2.52. The molecule has 1 aromatic carbocycles. The van der Waals surface area contributed by atoms with Crippen molar-refractivity contribution in [3.05, 3.63) is 51.9 Å². The van der Waals surface area contributed by atoms with Gasteiger partial charge in [0.15, 0.2) is 0 Å². The molecule has 0 amide bonds. The Labute approximate surface area is 157 Å². The summed E-state index contributed by atoms with van der Waals surface area (Å²) < 4.78 is 19.1. The largest absolute Gasteiger partial charge is 0.495 e. The molecule has 0 atom stereocenters. The Bertz CT molecular complexity index is 705. The topological polar surface area (TPSA) is 40.6 Å². The lowest BCUT2D eigenvalue weighted by Crippen LogP contribution is -2.41. The van der Waals surface area contributed by atoms with Gasteiger partial charge in [-0.2, -0.15) is 0 Å². The predicted octanol–water partition coefficient (Wildman–Crippen LogP) is 3.56. The second-order valence-electron chi connectivity index (χ2n) is 6.88. The van der Waals surface area contributed by atoms with Crippen LogP contribution in [-0.2, 0) is 15.9 Å². The minimum absolute atomic E-state index is 0.338. The molecule has 1 aliphatic rings. The summed E-state index contributed by atoms with van der Waals surface area (Å²) in [6.45, 7) is 8.69. The Hall–Kier alpha value is -1.12. The number of hydrogen-bond donors (Lipinski definition) is 0. The first-order chi connectivity index (χ1) is 11.3. The molecule has 0 N–H and O–H groups in total. The van der Waals surface area contributed by atoms with Crippen LogP contribution in [0.1, 0.15) is 33.4 Å². The summed E-state index contributed by atoms with van der Waals surface area (Å²) in [4.78, 5) is 4.26. The maximum Gasteiger partial charge on any atom is 0.495 e. The third-order valence-electron chi connectivity index (χ3n) is 4.59. The highest BCUT2D eigenvalue weighted by molar-refractivity contribution is 14.1. The summed E-state index contributed by atoms with van der Waals surface area (Å²) in [5.74, 6) is 0.810. The normalized spacial score (nSPS) is 18.6. The van der Waals surface area contributed by atoms with Gasteiger partial charge >= 0.3 is 7.12 Å². The maximum atomic E-state index is 6.12. The van der Waals surface area contributed by atoms with Gasteiger partial charge in [0.25, 0.3) is 0 Å². The van der Waals surface area contributed by atoms with Crippen molar-refractivity contribution in [1.29, 1.82) is 0 Å². The van der Waals surface area contributed by atoms with Gasteiger partial charge < -0.3 is 14.0 Å². The van der Waals surface area contributed by atoms with E-state index in [1.165, 1.54) is 0 Å². The van der Waals surface area contributed by atoms with E-state index in [0.29, 0.717) is 6.61 Å². The number of rotatable bonds is 4. The van der Waals surface area contributed by atoms with Crippen molar-refractivity contribution < 1.29 is 14.0 Å². The average molecular weight is 437 g/mol. The van der Waals surface area contributed by atoms with Gasteiger partial charge in [-0.3, -0.25) is 4.98 Å². The average Bonchev–Trinajstić information content (AvgIpc) is 2.74. The van der Waals surface area contributed by atoms with E-state index in [-0.39, 0.29) is 18.3 Å². The second kappa shape index (κ2) is 6.65. The van der Waals surface area contributed by atoms with Crippen LogP contribution in [0.5, 0.6) is 5.75 Å². The van der Waals surface area contributed by atoms with Crippen molar-refractivity contribution in [2.24, 2.45) is 0 Å². The summed E-state index contributed by atoms with van der Waals surface area (Å²) in [6.07, 6.45) is 1.77. The monoisotopic (exact) mass is 437 g/mol. The van der Waals surface area contributed by atoms with Crippen molar-refractivity contribution in [2.75, 3.05) is 0 Å². The first-order valence-corrected chi connectivity index (χ1v) is 9.04.